The molecule has 8 heteroatoms. The van der Waals surface area contributed by atoms with E-state index in [1.165, 1.54) is 0 Å². The molecular formula is C19H20ClN3O4. The molecule has 3 heterocycles. The van der Waals surface area contributed by atoms with E-state index in [1.54, 1.807) is 21.6 Å². The summed E-state index contributed by atoms with van der Waals surface area (Å²) in [5, 5.41) is 16.1. The molecule has 0 bridgehead atoms. The fourth-order valence-electron chi connectivity index (χ4n) is 3.28. The number of benzene rings is 1. The van der Waals surface area contributed by atoms with Gasteiger partial charge in [0.25, 0.3) is 5.91 Å². The monoisotopic (exact) mass is 389 g/mol. The Morgan fingerprint density at radius 1 is 1.26 bits per heavy atom. The van der Waals surface area contributed by atoms with Gasteiger partial charge in [-0.25, -0.2) is 0 Å². The van der Waals surface area contributed by atoms with E-state index in [0.29, 0.717) is 48.0 Å². The molecule has 27 heavy (non-hydrogen) atoms. The highest BCUT2D eigenvalue weighted by Crippen LogP contribution is 2.38. The Morgan fingerprint density at radius 3 is 2.70 bits per heavy atom. The lowest BCUT2D eigenvalue weighted by atomic mass is 10.1. The summed E-state index contributed by atoms with van der Waals surface area (Å²) in [4.78, 5) is 14.2. The van der Waals surface area contributed by atoms with E-state index in [-0.39, 0.29) is 23.5 Å². The zero-order valence-corrected chi connectivity index (χ0v) is 15.9. The van der Waals surface area contributed by atoms with Crippen molar-refractivity contribution in [2.24, 2.45) is 0 Å². The van der Waals surface area contributed by atoms with E-state index < -0.39 is 0 Å². The summed E-state index contributed by atoms with van der Waals surface area (Å²) < 4.78 is 12.4. The number of fused-ring (bicyclic) bond motifs is 1. The van der Waals surface area contributed by atoms with Crippen LogP contribution in [0.2, 0.25) is 5.02 Å². The molecule has 1 saturated heterocycles. The first-order valence-corrected chi connectivity index (χ1v) is 9.20. The van der Waals surface area contributed by atoms with Gasteiger partial charge in [0.1, 0.15) is 0 Å². The van der Waals surface area contributed by atoms with Crippen molar-refractivity contribution >= 4 is 28.3 Å². The molecule has 1 fully saturated rings. The highest BCUT2D eigenvalue weighted by Gasteiger charge is 2.23. The number of halogens is 1. The number of morpholine rings is 1. The predicted octanol–water partition coefficient (Wildman–Crippen LogP) is 3.71. The van der Waals surface area contributed by atoms with Gasteiger partial charge in [0.05, 0.1) is 23.6 Å². The maximum atomic E-state index is 12.5. The lowest BCUT2D eigenvalue weighted by molar-refractivity contribution is 0.0296. The van der Waals surface area contributed by atoms with E-state index in [9.17, 15) is 9.90 Å². The number of nitrogens with zero attached hydrogens (tertiary/aromatic N) is 3. The zero-order valence-electron chi connectivity index (χ0n) is 15.1. The van der Waals surface area contributed by atoms with Crippen LogP contribution in [0.5, 0.6) is 5.88 Å². The molecule has 7 nitrogen and oxygen atoms in total. The standard InChI is InChI=1S/C19H20ClN3O4/c1-11(2)23-10-13-7-12(8-14(20)17(13)19(23)25)16-9-15(21-27-16)18(24)22-3-5-26-6-4-22/h7-11,25H,3-6H2,1-2H3. The minimum absolute atomic E-state index is 0.0972. The van der Waals surface area contributed by atoms with E-state index in [0.717, 1.165) is 5.39 Å². The molecular weight excluding hydrogens is 370 g/mol. The van der Waals surface area contributed by atoms with Gasteiger partial charge in [0, 0.05) is 42.3 Å². The third kappa shape index (κ3) is 3.17. The maximum absolute atomic E-state index is 12.5. The number of ether oxygens (including phenoxy) is 1. The predicted molar refractivity (Wildman–Crippen MR) is 101 cm³/mol. The van der Waals surface area contributed by atoms with Crippen molar-refractivity contribution in [3.8, 4) is 17.2 Å². The fourth-order valence-corrected chi connectivity index (χ4v) is 3.59. The normalized spacial score (nSPS) is 15.0. The van der Waals surface area contributed by atoms with Crippen LogP contribution in [0.1, 0.15) is 30.4 Å². The van der Waals surface area contributed by atoms with Crippen LogP contribution in [0, 0.1) is 0 Å². The summed E-state index contributed by atoms with van der Waals surface area (Å²) in [6.07, 6.45) is 1.85. The van der Waals surface area contributed by atoms with Gasteiger partial charge in [-0.3, -0.25) is 4.79 Å². The molecule has 1 amide bonds. The van der Waals surface area contributed by atoms with E-state index in [1.807, 2.05) is 26.1 Å². The second-order valence-corrected chi connectivity index (χ2v) is 7.26. The number of rotatable bonds is 3. The van der Waals surface area contributed by atoms with Crippen molar-refractivity contribution in [1.82, 2.24) is 14.6 Å². The average Bonchev–Trinajstić information content (AvgIpc) is 3.27. The smallest absolute Gasteiger partial charge is 0.276 e. The topological polar surface area (TPSA) is 80.7 Å². The number of hydrogen-bond acceptors (Lipinski definition) is 5. The molecule has 1 aromatic carbocycles. The van der Waals surface area contributed by atoms with Gasteiger partial charge in [-0.1, -0.05) is 16.8 Å². The number of aromatic hydroxyl groups is 1. The SMILES string of the molecule is CC(C)n1cc2cc(-c3cc(C(=O)N4CCOCC4)no3)cc(Cl)c2c1O. The molecule has 0 unspecified atom stereocenters. The lowest BCUT2D eigenvalue weighted by Crippen LogP contribution is -2.40. The van der Waals surface area contributed by atoms with Crippen molar-refractivity contribution in [1.29, 1.82) is 0 Å². The van der Waals surface area contributed by atoms with Crippen LogP contribution in [-0.4, -0.2) is 51.9 Å². The van der Waals surface area contributed by atoms with Crippen molar-refractivity contribution in [3.05, 3.63) is 35.1 Å². The molecule has 0 spiro atoms. The number of carbonyl (C=O) groups excluding carboxylic acids is 1. The zero-order chi connectivity index (χ0) is 19.1. The second-order valence-electron chi connectivity index (χ2n) is 6.86. The summed E-state index contributed by atoms with van der Waals surface area (Å²) in [5.74, 6) is 0.411. The minimum Gasteiger partial charge on any atom is -0.494 e. The quantitative estimate of drug-likeness (QED) is 0.738. The van der Waals surface area contributed by atoms with Crippen molar-refractivity contribution in [2.45, 2.75) is 19.9 Å². The van der Waals surface area contributed by atoms with Gasteiger partial charge in [0.2, 0.25) is 5.88 Å². The van der Waals surface area contributed by atoms with Crippen LogP contribution < -0.4 is 0 Å². The van der Waals surface area contributed by atoms with Crippen LogP contribution in [0.4, 0.5) is 0 Å². The molecule has 0 radical (unpaired) electrons. The summed E-state index contributed by atoms with van der Waals surface area (Å²) in [5.41, 5.74) is 0.952. The van der Waals surface area contributed by atoms with Crippen molar-refractivity contribution < 1.29 is 19.2 Å². The molecule has 1 N–H and O–H groups in total. The Labute approximate surface area is 161 Å². The lowest BCUT2D eigenvalue weighted by Gasteiger charge is -2.25. The van der Waals surface area contributed by atoms with Gasteiger partial charge in [-0.15, -0.1) is 0 Å². The van der Waals surface area contributed by atoms with Gasteiger partial charge in [0.15, 0.2) is 11.5 Å². The molecule has 0 saturated carbocycles. The number of amides is 1. The van der Waals surface area contributed by atoms with Crippen LogP contribution in [-0.2, 0) is 4.74 Å². The van der Waals surface area contributed by atoms with Crippen LogP contribution in [0.25, 0.3) is 22.1 Å². The highest BCUT2D eigenvalue weighted by molar-refractivity contribution is 6.36. The first-order chi connectivity index (χ1) is 13.0. The summed E-state index contributed by atoms with van der Waals surface area (Å²) in [6.45, 7) is 6.10. The minimum atomic E-state index is -0.177. The van der Waals surface area contributed by atoms with Gasteiger partial charge < -0.3 is 23.8 Å². The van der Waals surface area contributed by atoms with Crippen LogP contribution in [0.15, 0.2) is 28.9 Å². The Kier molecular flexibility index (Phi) is 4.57. The highest BCUT2D eigenvalue weighted by atomic mass is 35.5. The van der Waals surface area contributed by atoms with E-state index in [4.69, 9.17) is 20.9 Å². The Bertz CT molecular complexity index is 1000. The van der Waals surface area contributed by atoms with E-state index in [2.05, 4.69) is 5.16 Å². The second kappa shape index (κ2) is 6.90. The fraction of sp³-hybridized carbons (Fsp3) is 0.368. The van der Waals surface area contributed by atoms with Gasteiger partial charge >= 0.3 is 0 Å². The van der Waals surface area contributed by atoms with E-state index >= 15 is 0 Å². The maximum Gasteiger partial charge on any atom is 0.276 e. The van der Waals surface area contributed by atoms with Crippen molar-refractivity contribution in [2.75, 3.05) is 26.3 Å². The summed E-state index contributed by atoms with van der Waals surface area (Å²) >= 11 is 6.40. The molecule has 1 aliphatic rings. The van der Waals surface area contributed by atoms with Gasteiger partial charge in [-0.2, -0.15) is 0 Å². The first kappa shape index (κ1) is 17.9. The molecule has 0 atom stereocenters. The largest absolute Gasteiger partial charge is 0.494 e. The molecule has 2 aromatic heterocycles. The number of hydrogen-bond donors (Lipinski definition) is 1. The Balaban J connectivity index is 1.68. The average molecular weight is 390 g/mol. The van der Waals surface area contributed by atoms with Crippen LogP contribution >= 0.6 is 11.6 Å². The Hall–Kier alpha value is -2.51. The molecule has 1 aliphatic heterocycles. The summed E-state index contributed by atoms with van der Waals surface area (Å²) in [6, 6.07) is 5.29. The molecule has 4 rings (SSSR count). The molecule has 142 valence electrons. The van der Waals surface area contributed by atoms with Crippen molar-refractivity contribution in [3.63, 3.8) is 0 Å². The third-order valence-corrected chi connectivity index (χ3v) is 5.03. The third-order valence-electron chi connectivity index (χ3n) is 4.74. The van der Waals surface area contributed by atoms with Crippen LogP contribution in [0.3, 0.4) is 0 Å². The number of aromatic nitrogens is 2. The first-order valence-electron chi connectivity index (χ1n) is 8.83. The number of carbonyl (C=O) groups is 1. The summed E-state index contributed by atoms with van der Waals surface area (Å²) in [7, 11) is 0. The molecule has 0 aliphatic carbocycles. The molecule has 3 aromatic rings. The Morgan fingerprint density at radius 2 is 2.00 bits per heavy atom. The van der Waals surface area contributed by atoms with Gasteiger partial charge in [-0.05, 0) is 26.0 Å².